The van der Waals surface area contributed by atoms with Gasteiger partial charge in [-0.1, -0.05) is 95.3 Å². The van der Waals surface area contributed by atoms with E-state index >= 15 is 14.0 Å². The molecular weight excluding hydrogens is 884 g/mol. The van der Waals surface area contributed by atoms with Gasteiger partial charge in [-0.3, -0.25) is 19.4 Å². The van der Waals surface area contributed by atoms with Gasteiger partial charge in [0.2, 0.25) is 11.6 Å². The third-order valence-electron chi connectivity index (χ3n) is 14.3. The summed E-state index contributed by atoms with van der Waals surface area (Å²) in [6, 6.07) is 17.9. The molecule has 0 bridgehead atoms. The number of fused-ring (bicyclic) bond motifs is 5. The normalized spacial score (nSPS) is 22.8. The van der Waals surface area contributed by atoms with E-state index < -0.39 is 71.7 Å². The van der Waals surface area contributed by atoms with Crippen molar-refractivity contribution in [2.75, 3.05) is 25.5 Å². The molecule has 0 spiro atoms. The zero-order valence-corrected chi connectivity index (χ0v) is 42.5. The summed E-state index contributed by atoms with van der Waals surface area (Å²) in [6.45, 7) is 19.8. The predicted octanol–water partition coefficient (Wildman–Crippen LogP) is 10.5. The highest BCUT2D eigenvalue weighted by Gasteiger charge is 2.69. The van der Waals surface area contributed by atoms with Crippen molar-refractivity contribution in [1.29, 1.82) is 0 Å². The molecule has 8 rings (SSSR count). The number of ketones is 2. The fraction of sp³-hybridized carbons (Fsp3) is 0.509. The van der Waals surface area contributed by atoms with E-state index in [1.54, 1.807) is 20.8 Å². The summed E-state index contributed by atoms with van der Waals surface area (Å²) in [5.74, 6) is -3.66. The highest BCUT2D eigenvalue weighted by Crippen LogP contribution is 2.60. The van der Waals surface area contributed by atoms with Gasteiger partial charge in [0.15, 0.2) is 25.4 Å². The molecule has 0 unspecified atom stereocenters. The van der Waals surface area contributed by atoms with Gasteiger partial charge in [-0.05, 0) is 100 Å². The van der Waals surface area contributed by atoms with Crippen molar-refractivity contribution in [2.24, 2.45) is 17.8 Å². The number of ether oxygens (including phenoxy) is 3. The Morgan fingerprint density at radius 1 is 0.956 bits per heavy atom. The first-order chi connectivity index (χ1) is 31.9. The van der Waals surface area contributed by atoms with Gasteiger partial charge in [0.05, 0.1) is 17.3 Å². The van der Waals surface area contributed by atoms with Crippen LogP contribution in [0, 0.1) is 23.6 Å². The van der Waals surface area contributed by atoms with Crippen LogP contribution in [0.25, 0.3) is 5.76 Å². The second-order valence-electron chi connectivity index (χ2n) is 22.1. The van der Waals surface area contributed by atoms with Crippen LogP contribution in [0.4, 0.5) is 14.9 Å². The number of carbonyl (C=O) groups excluding carboxylic acids is 3. The Labute approximate surface area is 400 Å². The average molecular weight is 951 g/mol. The minimum Gasteiger partial charge on any atom is -0.507 e. The van der Waals surface area contributed by atoms with Gasteiger partial charge in [0.1, 0.15) is 36.0 Å². The predicted molar refractivity (Wildman–Crippen MR) is 260 cm³/mol. The molecule has 0 radical (unpaired) electrons. The topological polar surface area (TPSA) is 153 Å². The summed E-state index contributed by atoms with van der Waals surface area (Å²) in [5, 5.41) is 20.4. The number of halogens is 1. The number of nitrogens with zero attached hydrogens (tertiary/aromatic N) is 3. The molecule has 1 amide bonds. The van der Waals surface area contributed by atoms with Crippen molar-refractivity contribution in [1.82, 2.24) is 15.4 Å². The summed E-state index contributed by atoms with van der Waals surface area (Å²) < 4.78 is 50.4. The number of aromatic nitrogens is 1. The lowest BCUT2D eigenvalue weighted by Crippen LogP contribution is -2.68. The number of Topliss-reactive ketones (excluding diaryl/α,β-unsaturated/α-hetero) is 2. The van der Waals surface area contributed by atoms with Crippen LogP contribution >= 0.6 is 0 Å². The maximum atomic E-state index is 18.0. The number of amides is 1. The van der Waals surface area contributed by atoms with Crippen LogP contribution in [0.3, 0.4) is 0 Å². The third-order valence-corrected chi connectivity index (χ3v) is 18.7. The second-order valence-corrected chi connectivity index (χ2v) is 26.8. The summed E-state index contributed by atoms with van der Waals surface area (Å²) in [5.41, 5.74) is -1.10. The van der Waals surface area contributed by atoms with E-state index in [0.717, 1.165) is 11.1 Å². The molecule has 1 aliphatic heterocycles. The molecule has 364 valence electrons. The number of benzene rings is 3. The van der Waals surface area contributed by atoms with Gasteiger partial charge in [0.25, 0.3) is 5.88 Å². The molecule has 4 aromatic rings. The molecule has 1 fully saturated rings. The number of aliphatic hydroxyl groups excluding tert-OH is 1. The van der Waals surface area contributed by atoms with E-state index in [-0.39, 0.29) is 102 Å². The van der Waals surface area contributed by atoms with Gasteiger partial charge in [0, 0.05) is 41.7 Å². The van der Waals surface area contributed by atoms with Crippen LogP contribution < -0.4 is 19.7 Å². The maximum absolute atomic E-state index is 18.0. The first kappa shape index (κ1) is 49.1. The van der Waals surface area contributed by atoms with Crippen LogP contribution in [0.1, 0.15) is 118 Å². The monoisotopic (exact) mass is 950 g/mol. The lowest BCUT2D eigenvalue weighted by Gasteiger charge is -2.55. The second kappa shape index (κ2) is 18.2. The number of aliphatic hydroxyl groups is 1. The maximum Gasteiger partial charge on any atom is 0.414 e. The lowest BCUT2D eigenvalue weighted by atomic mass is 9.57. The molecule has 13 nitrogen and oxygen atoms in total. The van der Waals surface area contributed by atoms with Crippen molar-refractivity contribution < 1.29 is 47.0 Å². The summed E-state index contributed by atoms with van der Waals surface area (Å²) >= 11 is 0. The summed E-state index contributed by atoms with van der Waals surface area (Å²) in [7, 11) is 0.634. The van der Waals surface area contributed by atoms with Crippen LogP contribution in [-0.4, -0.2) is 79.0 Å². The van der Waals surface area contributed by atoms with Crippen LogP contribution in [0.2, 0.25) is 18.1 Å². The molecule has 15 heteroatoms. The first-order valence-electron chi connectivity index (χ1n) is 23.8. The Morgan fingerprint density at radius 3 is 2.15 bits per heavy atom. The standard InChI is InChI=1S/C53H67FN4O9Si/c1-30(2)23-34-27-58(50(62)65-51(3,4)5)42-36(26-55-34)41(54)35-24-33-25-37-43(57(9)10)46-40(49(56-66-46)64-29-32-21-17-14-18-22-32)48(61)53(37,67-68(11,12)52(6,7)8)47(60)38(33)44(59)39(35)45(42)63-28-31-19-15-13-16-20-31/h13-22,30,33-34,37,43,55,59H,23-29H2,1-12H3/t33-,34+,37-,43-,53-/m0/s1. The largest absolute Gasteiger partial charge is 0.507 e. The molecule has 3 aromatic carbocycles. The average Bonchev–Trinajstić information content (AvgIpc) is 3.58. The van der Waals surface area contributed by atoms with E-state index in [2.05, 4.69) is 24.3 Å². The SMILES string of the molecule is CC(C)C[C@@H]1CN(C(=O)OC(C)(C)C)c2c(c(F)c3c(c2OCc2ccccc2)C(O)=C2C(=O)[C@]4(O[Si](C)(C)C(C)(C)C)C(=O)c5c(OCc6ccccc6)noc5[C@@H](N(C)C)[C@@H]4C[C@@H]2C3)CN1. The van der Waals surface area contributed by atoms with Crippen molar-refractivity contribution in [2.45, 2.75) is 136 Å². The molecular formula is C53H67FN4O9Si. The number of rotatable bonds is 11. The van der Waals surface area contributed by atoms with Crippen LogP contribution in [0.5, 0.6) is 11.6 Å². The minimum atomic E-state index is -3.06. The van der Waals surface area contributed by atoms with Crippen molar-refractivity contribution in [3.05, 3.63) is 111 Å². The minimum absolute atomic E-state index is 0.0115. The van der Waals surface area contributed by atoms with Gasteiger partial charge in [-0.2, -0.15) is 0 Å². The number of nitrogens with one attached hydrogen (secondary N) is 1. The van der Waals surface area contributed by atoms with Crippen molar-refractivity contribution >= 4 is 37.4 Å². The fourth-order valence-corrected chi connectivity index (χ4v) is 11.7. The quantitative estimate of drug-likeness (QED) is 0.109. The Morgan fingerprint density at radius 2 is 1.57 bits per heavy atom. The van der Waals surface area contributed by atoms with E-state index in [4.69, 9.17) is 23.2 Å². The fourth-order valence-electron chi connectivity index (χ4n) is 10.2. The molecule has 68 heavy (non-hydrogen) atoms. The van der Waals surface area contributed by atoms with E-state index in [9.17, 15) is 9.90 Å². The molecule has 1 saturated carbocycles. The molecule has 2 heterocycles. The Bertz CT molecular complexity index is 2620. The van der Waals surface area contributed by atoms with Crippen molar-refractivity contribution in [3.8, 4) is 11.6 Å². The molecule has 3 aliphatic carbocycles. The number of hydrogen-bond donors (Lipinski definition) is 2. The van der Waals surface area contributed by atoms with E-state index in [1.807, 2.05) is 114 Å². The smallest absolute Gasteiger partial charge is 0.414 e. The molecule has 2 N–H and O–H groups in total. The van der Waals surface area contributed by atoms with Gasteiger partial charge >= 0.3 is 6.09 Å². The molecule has 4 aliphatic rings. The highest BCUT2D eigenvalue weighted by atomic mass is 28.4. The molecule has 5 atom stereocenters. The van der Waals surface area contributed by atoms with Crippen molar-refractivity contribution in [3.63, 3.8) is 0 Å². The number of anilines is 1. The third kappa shape index (κ3) is 8.79. The van der Waals surface area contributed by atoms with Gasteiger partial charge in [-0.15, -0.1) is 0 Å². The van der Waals surface area contributed by atoms with Crippen LogP contribution in [-0.2, 0) is 40.1 Å². The van der Waals surface area contributed by atoms with Gasteiger partial charge in [-0.25, -0.2) is 9.18 Å². The molecule has 1 aromatic heterocycles. The summed E-state index contributed by atoms with van der Waals surface area (Å²) in [4.78, 5) is 49.9. The Hall–Kier alpha value is -5.35. The van der Waals surface area contributed by atoms with E-state index in [0.29, 0.717) is 6.42 Å². The van der Waals surface area contributed by atoms with E-state index in [1.165, 1.54) is 4.90 Å². The first-order valence-corrected chi connectivity index (χ1v) is 26.7. The number of carbonyl (C=O) groups is 3. The Balaban J connectivity index is 1.36. The highest BCUT2D eigenvalue weighted by molar-refractivity contribution is 6.74. The lowest BCUT2D eigenvalue weighted by molar-refractivity contribution is -0.140. The number of hydrogen-bond acceptors (Lipinski definition) is 12. The summed E-state index contributed by atoms with van der Waals surface area (Å²) in [6.07, 6.45) is 0.0875. The zero-order chi connectivity index (χ0) is 49.2. The zero-order valence-electron chi connectivity index (χ0n) is 41.5. The van der Waals surface area contributed by atoms with Gasteiger partial charge < -0.3 is 33.6 Å². The van der Waals surface area contributed by atoms with Crippen LogP contribution in [0.15, 0.2) is 70.8 Å². The molecule has 0 saturated heterocycles. The Kier molecular flexibility index (Phi) is 13.1.